The Morgan fingerprint density at radius 3 is 2.56 bits per heavy atom. The summed E-state index contributed by atoms with van der Waals surface area (Å²) in [6.45, 7) is 6.35. The van der Waals surface area contributed by atoms with E-state index in [1.807, 2.05) is 31.2 Å². The number of carbonyl (C=O) groups is 2. The van der Waals surface area contributed by atoms with Gasteiger partial charge in [-0.3, -0.25) is 14.5 Å². The number of amides is 1. The molecular weight excluding hydrogens is 460 g/mol. The lowest BCUT2D eigenvalue weighted by Gasteiger charge is -2.29. The zero-order valence-corrected chi connectivity index (χ0v) is 20.7. The zero-order chi connectivity index (χ0) is 25.2. The Bertz CT molecular complexity index is 1170. The van der Waals surface area contributed by atoms with Crippen molar-refractivity contribution in [2.24, 2.45) is 0 Å². The number of rotatable bonds is 7. The number of methoxy groups -OCH3 is 1. The van der Waals surface area contributed by atoms with Crippen molar-refractivity contribution in [2.45, 2.75) is 31.9 Å². The Hall–Kier alpha value is -3.36. The molecule has 36 heavy (non-hydrogen) atoms. The number of hydrogen-bond acceptors (Lipinski definition) is 7. The van der Waals surface area contributed by atoms with Gasteiger partial charge in [0.25, 0.3) is 11.7 Å². The molecule has 3 aliphatic heterocycles. The maximum absolute atomic E-state index is 13.3. The number of likely N-dealkylation sites (tertiary alicyclic amines) is 1. The molecule has 0 spiro atoms. The first kappa shape index (κ1) is 24.3. The second-order valence-electron chi connectivity index (χ2n) is 9.53. The van der Waals surface area contributed by atoms with Gasteiger partial charge in [0.15, 0.2) is 0 Å². The average molecular weight is 493 g/mol. The van der Waals surface area contributed by atoms with Gasteiger partial charge >= 0.3 is 0 Å². The highest BCUT2D eigenvalue weighted by atomic mass is 16.5. The molecule has 1 N–H and O–H groups in total. The standard InChI is InChI=1S/C28H32N2O6/c1-18-16-21-17-20(6-9-23(21)36-18)26(31)24-25(19-4-7-22(34-2)8-5-19)30(28(33)27(24)32)11-3-10-29-12-14-35-15-13-29/h4-9,17-18,25,31H,3,10-16H2,1-2H3/t18-,25+/m0/s1. The monoisotopic (exact) mass is 492 g/mol. The molecule has 0 saturated carbocycles. The highest BCUT2D eigenvalue weighted by Gasteiger charge is 2.46. The molecule has 190 valence electrons. The maximum Gasteiger partial charge on any atom is 0.295 e. The first-order valence-corrected chi connectivity index (χ1v) is 12.5. The van der Waals surface area contributed by atoms with Crippen LogP contribution in [-0.2, 0) is 20.7 Å². The van der Waals surface area contributed by atoms with Crippen molar-refractivity contribution in [2.75, 3.05) is 46.5 Å². The number of nitrogens with zero attached hydrogens (tertiary/aromatic N) is 2. The van der Waals surface area contributed by atoms with Crippen LogP contribution in [0.2, 0.25) is 0 Å². The van der Waals surface area contributed by atoms with Crippen molar-refractivity contribution in [3.8, 4) is 11.5 Å². The summed E-state index contributed by atoms with van der Waals surface area (Å²) in [5.41, 5.74) is 2.35. The minimum Gasteiger partial charge on any atom is -0.507 e. The summed E-state index contributed by atoms with van der Waals surface area (Å²) in [5.74, 6) is 0.0551. The third-order valence-corrected chi connectivity index (χ3v) is 7.12. The number of fused-ring (bicyclic) bond motifs is 1. The molecule has 0 bridgehead atoms. The summed E-state index contributed by atoms with van der Waals surface area (Å²) in [7, 11) is 1.59. The van der Waals surface area contributed by atoms with Gasteiger partial charge in [0, 0.05) is 38.2 Å². The van der Waals surface area contributed by atoms with Crippen LogP contribution in [-0.4, -0.2) is 79.2 Å². The minimum atomic E-state index is -0.677. The second kappa shape index (κ2) is 10.3. The Morgan fingerprint density at radius 2 is 1.83 bits per heavy atom. The second-order valence-corrected chi connectivity index (χ2v) is 9.53. The predicted octanol–water partition coefficient (Wildman–Crippen LogP) is 3.16. The highest BCUT2D eigenvalue weighted by Crippen LogP contribution is 2.41. The average Bonchev–Trinajstić information content (AvgIpc) is 3.40. The maximum atomic E-state index is 13.3. The van der Waals surface area contributed by atoms with E-state index in [1.165, 1.54) is 0 Å². The molecule has 8 nitrogen and oxygen atoms in total. The first-order valence-electron chi connectivity index (χ1n) is 12.5. The summed E-state index contributed by atoms with van der Waals surface area (Å²) in [6.07, 6.45) is 1.51. The lowest BCUT2D eigenvalue weighted by Crippen LogP contribution is -2.38. The van der Waals surface area contributed by atoms with Gasteiger partial charge in [-0.05, 0) is 54.8 Å². The number of morpholine rings is 1. The fourth-order valence-electron chi connectivity index (χ4n) is 5.26. The lowest BCUT2D eigenvalue weighted by molar-refractivity contribution is -0.140. The van der Waals surface area contributed by atoms with E-state index < -0.39 is 17.7 Å². The number of carbonyl (C=O) groups excluding carboxylic acids is 2. The van der Waals surface area contributed by atoms with E-state index in [9.17, 15) is 14.7 Å². The molecular formula is C28H32N2O6. The molecule has 0 radical (unpaired) electrons. The molecule has 2 aromatic carbocycles. The first-order chi connectivity index (χ1) is 17.5. The quantitative estimate of drug-likeness (QED) is 0.361. The van der Waals surface area contributed by atoms with Crippen molar-refractivity contribution in [1.82, 2.24) is 9.80 Å². The van der Waals surface area contributed by atoms with Gasteiger partial charge in [-0.2, -0.15) is 0 Å². The van der Waals surface area contributed by atoms with Gasteiger partial charge in [0.1, 0.15) is 23.4 Å². The van der Waals surface area contributed by atoms with Gasteiger partial charge in [0.2, 0.25) is 0 Å². The van der Waals surface area contributed by atoms with Crippen LogP contribution in [0.25, 0.3) is 5.76 Å². The molecule has 0 unspecified atom stereocenters. The molecule has 8 heteroatoms. The van der Waals surface area contributed by atoms with Crippen LogP contribution in [0.4, 0.5) is 0 Å². The van der Waals surface area contributed by atoms with Crippen LogP contribution >= 0.6 is 0 Å². The molecule has 5 rings (SSSR count). The van der Waals surface area contributed by atoms with Crippen molar-refractivity contribution in [1.29, 1.82) is 0 Å². The number of Topliss-reactive ketones (excluding diaryl/α,β-unsaturated/α-hetero) is 1. The number of aliphatic hydroxyl groups excluding tert-OH is 1. The van der Waals surface area contributed by atoms with E-state index >= 15 is 0 Å². The number of ether oxygens (including phenoxy) is 3. The van der Waals surface area contributed by atoms with E-state index in [0.717, 1.165) is 42.9 Å². The molecule has 0 aliphatic carbocycles. The number of benzene rings is 2. The molecule has 1 amide bonds. The topological polar surface area (TPSA) is 88.5 Å². The molecule has 2 fully saturated rings. The molecule has 3 aliphatic rings. The lowest BCUT2D eigenvalue weighted by atomic mass is 9.94. The third kappa shape index (κ3) is 4.70. The number of ketones is 1. The van der Waals surface area contributed by atoms with Gasteiger partial charge in [-0.15, -0.1) is 0 Å². The van der Waals surface area contributed by atoms with Crippen molar-refractivity contribution in [3.63, 3.8) is 0 Å². The van der Waals surface area contributed by atoms with Crippen LogP contribution in [0.3, 0.4) is 0 Å². The van der Waals surface area contributed by atoms with E-state index in [1.54, 1.807) is 30.2 Å². The van der Waals surface area contributed by atoms with E-state index in [2.05, 4.69) is 4.90 Å². The summed E-state index contributed by atoms with van der Waals surface area (Å²) in [5, 5.41) is 11.4. The number of aliphatic hydroxyl groups is 1. The predicted molar refractivity (Wildman–Crippen MR) is 134 cm³/mol. The molecule has 2 aromatic rings. The van der Waals surface area contributed by atoms with Gasteiger partial charge < -0.3 is 24.2 Å². The molecule has 2 saturated heterocycles. The van der Waals surface area contributed by atoms with Crippen LogP contribution < -0.4 is 9.47 Å². The van der Waals surface area contributed by atoms with Crippen LogP contribution in [0.5, 0.6) is 11.5 Å². The zero-order valence-electron chi connectivity index (χ0n) is 20.7. The SMILES string of the molecule is COc1ccc([C@@H]2C(=C(O)c3ccc4c(c3)C[C@H](C)O4)C(=O)C(=O)N2CCCN2CCOCC2)cc1. The summed E-state index contributed by atoms with van der Waals surface area (Å²) in [4.78, 5) is 30.4. The molecule has 3 heterocycles. The summed E-state index contributed by atoms with van der Waals surface area (Å²) in [6, 6.07) is 12.0. The smallest absolute Gasteiger partial charge is 0.295 e. The van der Waals surface area contributed by atoms with E-state index in [-0.39, 0.29) is 17.4 Å². The van der Waals surface area contributed by atoms with Crippen LogP contribution in [0, 0.1) is 0 Å². The Kier molecular flexibility index (Phi) is 6.98. The third-order valence-electron chi connectivity index (χ3n) is 7.12. The minimum absolute atomic E-state index is 0.0636. The number of hydrogen-bond donors (Lipinski definition) is 1. The normalized spacial score (nSPS) is 23.6. The molecule has 0 aromatic heterocycles. The Balaban J connectivity index is 1.48. The van der Waals surface area contributed by atoms with E-state index in [0.29, 0.717) is 37.5 Å². The summed E-state index contributed by atoms with van der Waals surface area (Å²) < 4.78 is 16.5. The highest BCUT2D eigenvalue weighted by molar-refractivity contribution is 6.46. The fraction of sp³-hybridized carbons (Fsp3) is 0.429. The van der Waals surface area contributed by atoms with Gasteiger partial charge in [0.05, 0.1) is 31.9 Å². The fourth-order valence-corrected chi connectivity index (χ4v) is 5.26. The van der Waals surface area contributed by atoms with Crippen molar-refractivity contribution >= 4 is 17.4 Å². The summed E-state index contributed by atoms with van der Waals surface area (Å²) >= 11 is 0. The molecule has 2 atom stereocenters. The van der Waals surface area contributed by atoms with Crippen LogP contribution in [0.1, 0.15) is 36.1 Å². The Labute approximate surface area is 211 Å². The Morgan fingerprint density at radius 1 is 1.08 bits per heavy atom. The van der Waals surface area contributed by atoms with Crippen LogP contribution in [0.15, 0.2) is 48.0 Å². The van der Waals surface area contributed by atoms with E-state index in [4.69, 9.17) is 14.2 Å². The largest absolute Gasteiger partial charge is 0.507 e. The van der Waals surface area contributed by atoms with Gasteiger partial charge in [-0.25, -0.2) is 0 Å². The van der Waals surface area contributed by atoms with Crippen molar-refractivity contribution < 1.29 is 28.9 Å². The van der Waals surface area contributed by atoms with Crippen molar-refractivity contribution in [3.05, 3.63) is 64.7 Å². The van der Waals surface area contributed by atoms with Gasteiger partial charge in [-0.1, -0.05) is 12.1 Å².